The highest BCUT2D eigenvalue weighted by Crippen LogP contribution is 2.22. The molecule has 0 spiro atoms. The molecule has 0 aromatic heterocycles. The first-order chi connectivity index (χ1) is 3.34. The van der Waals surface area contributed by atoms with Crippen LogP contribution in [0.15, 0.2) is 0 Å². The summed E-state index contributed by atoms with van der Waals surface area (Å²) in [6.45, 7) is 2.08. The first kappa shape index (κ1) is 5.06. The zero-order valence-electron chi connectivity index (χ0n) is 4.42. The van der Waals surface area contributed by atoms with Gasteiger partial charge in [0.15, 0.2) is 6.29 Å². The Hall–Kier alpha value is -0.0800. The van der Waals surface area contributed by atoms with E-state index < -0.39 is 6.29 Å². The highest BCUT2D eigenvalue weighted by atomic mass is 16.7. The third-order valence-electron chi connectivity index (χ3n) is 1.13. The molecule has 1 heterocycles. The average molecular weight is 102 g/mol. The molecule has 1 fully saturated rings. The molecule has 0 aromatic rings. The summed E-state index contributed by atoms with van der Waals surface area (Å²) in [5.41, 5.74) is 0. The van der Waals surface area contributed by atoms with Gasteiger partial charge in [0, 0.05) is 0 Å². The molecule has 1 saturated heterocycles. The van der Waals surface area contributed by atoms with E-state index in [4.69, 9.17) is 9.84 Å². The van der Waals surface area contributed by atoms with Crippen molar-refractivity contribution in [3.8, 4) is 0 Å². The van der Waals surface area contributed by atoms with E-state index in [9.17, 15) is 0 Å². The zero-order valence-corrected chi connectivity index (χ0v) is 4.42. The molecule has 2 unspecified atom stereocenters. The Morgan fingerprint density at radius 2 is 2.29 bits per heavy atom. The first-order valence-corrected chi connectivity index (χ1v) is 2.68. The van der Waals surface area contributed by atoms with Gasteiger partial charge in [-0.25, -0.2) is 0 Å². The van der Waals surface area contributed by atoms with Crippen LogP contribution in [0.1, 0.15) is 19.8 Å². The van der Waals surface area contributed by atoms with Crippen molar-refractivity contribution in [2.24, 2.45) is 0 Å². The third kappa shape index (κ3) is 1.14. The fourth-order valence-electron chi connectivity index (χ4n) is 0.629. The second-order valence-electron chi connectivity index (χ2n) is 1.85. The standard InChI is InChI=1S/C5H10O2/c1-2-3-4-5(6)7-4/h4-6H,2-3H2,1H3. The molecule has 1 rings (SSSR count). The van der Waals surface area contributed by atoms with Gasteiger partial charge >= 0.3 is 0 Å². The molecule has 2 heteroatoms. The quantitative estimate of drug-likeness (QED) is 0.515. The van der Waals surface area contributed by atoms with Gasteiger partial charge in [-0.2, -0.15) is 0 Å². The summed E-state index contributed by atoms with van der Waals surface area (Å²) in [5.74, 6) is 0. The molecule has 0 aromatic carbocycles. The molecule has 7 heavy (non-hydrogen) atoms. The van der Waals surface area contributed by atoms with E-state index in [-0.39, 0.29) is 6.10 Å². The third-order valence-corrected chi connectivity index (χ3v) is 1.13. The maximum atomic E-state index is 8.54. The molecule has 0 amide bonds. The molecule has 0 saturated carbocycles. The van der Waals surface area contributed by atoms with E-state index in [2.05, 4.69) is 6.92 Å². The van der Waals surface area contributed by atoms with Crippen LogP contribution in [0.5, 0.6) is 0 Å². The first-order valence-electron chi connectivity index (χ1n) is 2.68. The van der Waals surface area contributed by atoms with E-state index in [1.807, 2.05) is 0 Å². The van der Waals surface area contributed by atoms with Gasteiger partial charge < -0.3 is 9.84 Å². The number of ether oxygens (including phenoxy) is 1. The van der Waals surface area contributed by atoms with Crippen molar-refractivity contribution >= 4 is 0 Å². The number of hydrogen-bond donors (Lipinski definition) is 1. The average Bonchev–Trinajstić information content (AvgIpc) is 2.22. The molecule has 0 bridgehead atoms. The van der Waals surface area contributed by atoms with Gasteiger partial charge in [0.1, 0.15) is 6.10 Å². The minimum Gasteiger partial charge on any atom is -0.366 e. The van der Waals surface area contributed by atoms with Crippen LogP contribution >= 0.6 is 0 Å². The smallest absolute Gasteiger partial charge is 0.181 e. The molecule has 42 valence electrons. The van der Waals surface area contributed by atoms with E-state index in [0.29, 0.717) is 0 Å². The summed E-state index contributed by atoms with van der Waals surface area (Å²) in [5, 5.41) is 8.54. The molecule has 1 N–H and O–H groups in total. The van der Waals surface area contributed by atoms with Gasteiger partial charge in [-0.3, -0.25) is 0 Å². The van der Waals surface area contributed by atoms with Gasteiger partial charge in [-0.1, -0.05) is 13.3 Å². The highest BCUT2D eigenvalue weighted by Gasteiger charge is 2.35. The Balaban J connectivity index is 1.98. The number of epoxide rings is 1. The van der Waals surface area contributed by atoms with Crippen LogP contribution < -0.4 is 0 Å². The van der Waals surface area contributed by atoms with Crippen LogP contribution in [0.2, 0.25) is 0 Å². The van der Waals surface area contributed by atoms with Crippen LogP contribution in [-0.4, -0.2) is 17.5 Å². The van der Waals surface area contributed by atoms with Crippen LogP contribution in [0.3, 0.4) is 0 Å². The second-order valence-corrected chi connectivity index (χ2v) is 1.85. The van der Waals surface area contributed by atoms with Gasteiger partial charge in [-0.05, 0) is 6.42 Å². The molecule has 2 atom stereocenters. The highest BCUT2D eigenvalue weighted by molar-refractivity contribution is 4.73. The van der Waals surface area contributed by atoms with Crippen molar-refractivity contribution in [1.29, 1.82) is 0 Å². The molecule has 0 aliphatic carbocycles. The summed E-state index contributed by atoms with van der Waals surface area (Å²) in [4.78, 5) is 0. The summed E-state index contributed by atoms with van der Waals surface area (Å²) >= 11 is 0. The van der Waals surface area contributed by atoms with Crippen molar-refractivity contribution in [2.75, 3.05) is 0 Å². The lowest BCUT2D eigenvalue weighted by Gasteiger charge is -1.81. The Morgan fingerprint density at radius 1 is 1.71 bits per heavy atom. The lowest BCUT2D eigenvalue weighted by molar-refractivity contribution is 0.156. The molecule has 1 aliphatic rings. The predicted molar refractivity (Wildman–Crippen MR) is 25.8 cm³/mol. The number of aliphatic hydroxyl groups excluding tert-OH is 1. The second kappa shape index (κ2) is 1.80. The van der Waals surface area contributed by atoms with Crippen LogP contribution in [0, 0.1) is 0 Å². The molecule has 2 nitrogen and oxygen atoms in total. The number of rotatable bonds is 2. The van der Waals surface area contributed by atoms with Crippen molar-refractivity contribution in [1.82, 2.24) is 0 Å². The van der Waals surface area contributed by atoms with Crippen molar-refractivity contribution in [3.05, 3.63) is 0 Å². The lowest BCUT2D eigenvalue weighted by atomic mass is 10.3. The largest absolute Gasteiger partial charge is 0.366 e. The van der Waals surface area contributed by atoms with Gasteiger partial charge in [-0.15, -0.1) is 0 Å². The van der Waals surface area contributed by atoms with Gasteiger partial charge in [0.2, 0.25) is 0 Å². The Labute approximate surface area is 43.1 Å². The minimum absolute atomic E-state index is 0.171. The normalized spacial score (nSPS) is 38.6. The fourth-order valence-corrected chi connectivity index (χ4v) is 0.629. The lowest BCUT2D eigenvalue weighted by Crippen LogP contribution is -1.88. The summed E-state index contributed by atoms with van der Waals surface area (Å²) in [6.07, 6.45) is 1.84. The van der Waals surface area contributed by atoms with Crippen LogP contribution in [0.4, 0.5) is 0 Å². The maximum absolute atomic E-state index is 8.54. The van der Waals surface area contributed by atoms with E-state index in [1.165, 1.54) is 0 Å². The number of hydrogen-bond acceptors (Lipinski definition) is 2. The molecular weight excluding hydrogens is 92.1 g/mol. The Kier molecular flexibility index (Phi) is 1.30. The molecule has 0 radical (unpaired) electrons. The summed E-state index contributed by atoms with van der Waals surface area (Å²) < 4.78 is 4.71. The van der Waals surface area contributed by atoms with E-state index in [1.54, 1.807) is 0 Å². The van der Waals surface area contributed by atoms with Crippen LogP contribution in [0.25, 0.3) is 0 Å². The molecule has 1 aliphatic heterocycles. The molecular formula is C5H10O2. The van der Waals surface area contributed by atoms with E-state index >= 15 is 0 Å². The SMILES string of the molecule is CCCC1OC1O. The summed E-state index contributed by atoms with van der Waals surface area (Å²) in [6, 6.07) is 0. The fraction of sp³-hybridized carbons (Fsp3) is 1.00. The predicted octanol–water partition coefficient (Wildman–Crippen LogP) is 0.504. The monoisotopic (exact) mass is 102 g/mol. The van der Waals surface area contributed by atoms with E-state index in [0.717, 1.165) is 12.8 Å². The minimum atomic E-state index is -0.431. The Bertz CT molecular complexity index is 63.1. The maximum Gasteiger partial charge on any atom is 0.181 e. The van der Waals surface area contributed by atoms with Crippen molar-refractivity contribution in [3.63, 3.8) is 0 Å². The van der Waals surface area contributed by atoms with Gasteiger partial charge in [0.05, 0.1) is 0 Å². The van der Waals surface area contributed by atoms with Crippen molar-refractivity contribution < 1.29 is 9.84 Å². The number of aliphatic hydroxyl groups is 1. The zero-order chi connectivity index (χ0) is 5.28. The van der Waals surface area contributed by atoms with Crippen LogP contribution in [-0.2, 0) is 4.74 Å². The topological polar surface area (TPSA) is 32.8 Å². The Morgan fingerprint density at radius 3 is 2.43 bits per heavy atom. The van der Waals surface area contributed by atoms with Gasteiger partial charge in [0.25, 0.3) is 0 Å². The van der Waals surface area contributed by atoms with Crippen molar-refractivity contribution in [2.45, 2.75) is 32.2 Å². The summed E-state index contributed by atoms with van der Waals surface area (Å²) in [7, 11) is 0.